The van der Waals surface area contributed by atoms with Crippen LogP contribution in [0.2, 0.25) is 0 Å². The topological polar surface area (TPSA) is 84.5 Å². The molecule has 0 aliphatic rings. The van der Waals surface area contributed by atoms with Gasteiger partial charge in [0.05, 0.1) is 11.1 Å². The van der Waals surface area contributed by atoms with E-state index in [1.54, 1.807) is 45.3 Å². The van der Waals surface area contributed by atoms with Crippen molar-refractivity contribution in [1.29, 1.82) is 0 Å². The van der Waals surface area contributed by atoms with Crippen molar-refractivity contribution in [3.05, 3.63) is 63.6 Å². The zero-order valence-electron chi connectivity index (χ0n) is 19.0. The lowest BCUT2D eigenvalue weighted by molar-refractivity contribution is -0.123. The standard InChI is InChI=1S/C23H23F3N6O2S/c1-30(2)5-3-6-31-7-4-15(9-20(31)33)17-10-27-21-18(11-29-32(21)12-17)16-8-19(35-13-16)22(34)28-14-23(24,25)26/h4,7-13H,3,5-6,14H2,1-2H3,(H,28,34). The Morgan fingerprint density at radius 1 is 1.17 bits per heavy atom. The highest BCUT2D eigenvalue weighted by molar-refractivity contribution is 7.12. The highest BCUT2D eigenvalue weighted by Gasteiger charge is 2.28. The number of pyridine rings is 1. The molecule has 4 rings (SSSR count). The van der Waals surface area contributed by atoms with Crippen LogP contribution in [0, 0.1) is 0 Å². The number of hydrogen-bond acceptors (Lipinski definition) is 6. The lowest BCUT2D eigenvalue weighted by atomic mass is 10.1. The highest BCUT2D eigenvalue weighted by Crippen LogP contribution is 2.29. The minimum absolute atomic E-state index is 0.0999. The van der Waals surface area contributed by atoms with Gasteiger partial charge in [-0.1, -0.05) is 0 Å². The number of thiophene rings is 1. The molecule has 35 heavy (non-hydrogen) atoms. The van der Waals surface area contributed by atoms with Gasteiger partial charge in [0.1, 0.15) is 6.54 Å². The zero-order valence-corrected chi connectivity index (χ0v) is 19.9. The molecular formula is C23H23F3N6O2S. The van der Waals surface area contributed by atoms with Crippen LogP contribution in [0.5, 0.6) is 0 Å². The minimum Gasteiger partial charge on any atom is -0.342 e. The van der Waals surface area contributed by atoms with Gasteiger partial charge >= 0.3 is 6.18 Å². The normalized spacial score (nSPS) is 11.9. The number of aromatic nitrogens is 4. The zero-order chi connectivity index (χ0) is 25.2. The lowest BCUT2D eigenvalue weighted by Crippen LogP contribution is -2.33. The van der Waals surface area contributed by atoms with E-state index in [0.717, 1.165) is 24.3 Å². The Balaban J connectivity index is 1.52. The van der Waals surface area contributed by atoms with Crippen LogP contribution >= 0.6 is 11.3 Å². The first kappa shape index (κ1) is 24.6. The number of hydrogen-bond donors (Lipinski definition) is 1. The highest BCUT2D eigenvalue weighted by atomic mass is 32.1. The van der Waals surface area contributed by atoms with E-state index in [1.165, 1.54) is 6.07 Å². The molecular weight excluding hydrogens is 481 g/mol. The largest absolute Gasteiger partial charge is 0.405 e. The third-order valence-electron chi connectivity index (χ3n) is 5.27. The molecule has 0 fully saturated rings. The van der Waals surface area contributed by atoms with Gasteiger partial charge in [-0.05, 0) is 55.7 Å². The first-order chi connectivity index (χ1) is 16.6. The van der Waals surface area contributed by atoms with E-state index in [-0.39, 0.29) is 10.4 Å². The molecule has 0 saturated carbocycles. The molecule has 184 valence electrons. The summed E-state index contributed by atoms with van der Waals surface area (Å²) in [4.78, 5) is 31.2. The maximum Gasteiger partial charge on any atom is 0.405 e. The summed E-state index contributed by atoms with van der Waals surface area (Å²) in [5, 5.41) is 7.86. The molecule has 0 aliphatic heterocycles. The van der Waals surface area contributed by atoms with Crippen molar-refractivity contribution in [1.82, 2.24) is 29.4 Å². The number of carbonyl (C=O) groups excluding carboxylic acids is 1. The number of halogens is 3. The van der Waals surface area contributed by atoms with Gasteiger partial charge in [0, 0.05) is 42.3 Å². The van der Waals surface area contributed by atoms with E-state index in [2.05, 4.69) is 15.0 Å². The summed E-state index contributed by atoms with van der Waals surface area (Å²) in [6, 6.07) is 4.93. The summed E-state index contributed by atoms with van der Waals surface area (Å²) < 4.78 is 40.3. The third-order valence-corrected chi connectivity index (χ3v) is 6.20. The number of rotatable bonds is 8. The summed E-state index contributed by atoms with van der Waals surface area (Å²) in [7, 11) is 3.98. The van der Waals surface area contributed by atoms with Crippen molar-refractivity contribution in [2.24, 2.45) is 0 Å². The van der Waals surface area contributed by atoms with Crippen LogP contribution in [0.15, 0.2) is 53.2 Å². The molecule has 0 atom stereocenters. The van der Waals surface area contributed by atoms with E-state index in [1.807, 2.05) is 25.5 Å². The van der Waals surface area contributed by atoms with Crippen molar-refractivity contribution >= 4 is 22.9 Å². The number of alkyl halides is 3. The Morgan fingerprint density at radius 2 is 1.97 bits per heavy atom. The van der Waals surface area contributed by atoms with Crippen molar-refractivity contribution < 1.29 is 18.0 Å². The molecule has 8 nitrogen and oxygen atoms in total. The molecule has 0 bridgehead atoms. The molecule has 1 amide bonds. The van der Waals surface area contributed by atoms with Gasteiger partial charge < -0.3 is 14.8 Å². The third kappa shape index (κ3) is 5.95. The first-order valence-electron chi connectivity index (χ1n) is 10.7. The molecule has 4 aromatic rings. The fraction of sp³-hybridized carbons (Fsp3) is 0.304. The molecule has 0 radical (unpaired) electrons. The monoisotopic (exact) mass is 504 g/mol. The Morgan fingerprint density at radius 3 is 2.69 bits per heavy atom. The maximum atomic E-state index is 12.5. The minimum atomic E-state index is -4.47. The van der Waals surface area contributed by atoms with Crippen molar-refractivity contribution in [2.75, 3.05) is 27.2 Å². The molecule has 0 saturated heterocycles. The van der Waals surface area contributed by atoms with Crippen LogP contribution in [-0.4, -0.2) is 63.3 Å². The molecule has 0 aliphatic carbocycles. The lowest BCUT2D eigenvalue weighted by Gasteiger charge is -2.11. The van der Waals surface area contributed by atoms with E-state index >= 15 is 0 Å². The van der Waals surface area contributed by atoms with E-state index in [4.69, 9.17) is 0 Å². The molecule has 0 unspecified atom stereocenters. The number of fused-ring (bicyclic) bond motifs is 1. The van der Waals surface area contributed by atoms with Gasteiger partial charge in [-0.3, -0.25) is 9.59 Å². The summed E-state index contributed by atoms with van der Waals surface area (Å²) in [6.45, 7) is 0.134. The fourth-order valence-electron chi connectivity index (χ4n) is 3.52. The Kier molecular flexibility index (Phi) is 7.03. The van der Waals surface area contributed by atoms with Crippen LogP contribution in [0.25, 0.3) is 27.9 Å². The van der Waals surface area contributed by atoms with E-state index < -0.39 is 18.6 Å². The number of nitrogens with one attached hydrogen (secondary N) is 1. The molecule has 1 N–H and O–H groups in total. The molecule has 12 heteroatoms. The van der Waals surface area contributed by atoms with Gasteiger partial charge in [0.25, 0.3) is 11.5 Å². The molecule has 4 heterocycles. The number of nitrogens with zero attached hydrogens (tertiary/aromatic N) is 5. The first-order valence-corrected chi connectivity index (χ1v) is 11.6. The summed E-state index contributed by atoms with van der Waals surface area (Å²) in [6.07, 6.45) is 3.12. The predicted molar refractivity (Wildman–Crippen MR) is 128 cm³/mol. The van der Waals surface area contributed by atoms with Crippen LogP contribution in [-0.2, 0) is 6.54 Å². The Hall–Kier alpha value is -3.51. The second-order valence-corrected chi connectivity index (χ2v) is 9.18. The Labute approximate surface area is 202 Å². The summed E-state index contributed by atoms with van der Waals surface area (Å²) >= 11 is 1.04. The van der Waals surface area contributed by atoms with Gasteiger partial charge in [0.2, 0.25) is 0 Å². The maximum absolute atomic E-state index is 12.5. The summed E-state index contributed by atoms with van der Waals surface area (Å²) in [5.74, 6) is -0.790. The van der Waals surface area contributed by atoms with Crippen LogP contribution in [0.4, 0.5) is 13.2 Å². The van der Waals surface area contributed by atoms with Crippen molar-refractivity contribution in [3.63, 3.8) is 0 Å². The second-order valence-electron chi connectivity index (χ2n) is 8.27. The molecule has 0 aromatic carbocycles. The number of aryl methyl sites for hydroxylation is 1. The van der Waals surface area contributed by atoms with Crippen LogP contribution in [0.1, 0.15) is 16.1 Å². The average molecular weight is 505 g/mol. The average Bonchev–Trinajstić information content (AvgIpc) is 3.44. The van der Waals surface area contributed by atoms with Crippen molar-refractivity contribution in [3.8, 4) is 22.3 Å². The number of amides is 1. The smallest absolute Gasteiger partial charge is 0.342 e. The van der Waals surface area contributed by atoms with Gasteiger partial charge in [-0.2, -0.15) is 18.3 Å². The van der Waals surface area contributed by atoms with Gasteiger partial charge in [0.15, 0.2) is 5.65 Å². The van der Waals surface area contributed by atoms with Crippen molar-refractivity contribution in [2.45, 2.75) is 19.1 Å². The molecule has 0 spiro atoms. The van der Waals surface area contributed by atoms with E-state index in [9.17, 15) is 22.8 Å². The second kappa shape index (κ2) is 10.0. The quantitative estimate of drug-likeness (QED) is 0.397. The van der Waals surface area contributed by atoms with E-state index in [0.29, 0.717) is 34.4 Å². The summed E-state index contributed by atoms with van der Waals surface area (Å²) in [5.41, 5.74) is 3.11. The molecule has 4 aromatic heterocycles. The van der Waals surface area contributed by atoms with Gasteiger partial charge in [-0.15, -0.1) is 11.3 Å². The van der Waals surface area contributed by atoms with Gasteiger partial charge in [-0.25, -0.2) is 9.50 Å². The fourth-order valence-corrected chi connectivity index (χ4v) is 4.34. The Bertz CT molecular complexity index is 1410. The van der Waals surface area contributed by atoms with Crippen LogP contribution < -0.4 is 10.9 Å². The SMILES string of the molecule is CN(C)CCCn1ccc(-c2cnc3c(-c4csc(C(=O)NCC(F)(F)F)c4)cnn3c2)cc1=O. The number of carbonyl (C=O) groups is 1. The predicted octanol–water partition coefficient (Wildman–Crippen LogP) is 3.53. The van der Waals surface area contributed by atoms with Crippen LogP contribution in [0.3, 0.4) is 0 Å².